The molecule has 3 N–H and O–H groups in total. The first-order valence-electron chi connectivity index (χ1n) is 5.72. The van der Waals surface area contributed by atoms with Gasteiger partial charge < -0.3 is 15.6 Å². The molecule has 0 spiro atoms. The molecule has 2 rings (SSSR count). The average molecular weight is 245 g/mol. The van der Waals surface area contributed by atoms with Crippen LogP contribution in [0.1, 0.15) is 18.9 Å². The number of nitrogens with zero attached hydrogens (tertiary/aromatic N) is 1. The first-order chi connectivity index (χ1) is 8.66. The van der Waals surface area contributed by atoms with Gasteiger partial charge in [-0.2, -0.15) is 0 Å². The summed E-state index contributed by atoms with van der Waals surface area (Å²) in [4.78, 5) is 10.7. The van der Waals surface area contributed by atoms with Gasteiger partial charge in [-0.25, -0.2) is 0 Å². The molecule has 0 atom stereocenters. The lowest BCUT2D eigenvalue weighted by molar-refractivity contribution is -0.118. The molecular formula is C13H15N3O2. The van der Waals surface area contributed by atoms with E-state index in [9.17, 15) is 4.79 Å². The molecule has 1 aromatic carbocycles. The molecule has 5 heteroatoms. The van der Waals surface area contributed by atoms with Crippen LogP contribution in [0.25, 0.3) is 17.0 Å². The first kappa shape index (κ1) is 12.2. The molecule has 18 heavy (non-hydrogen) atoms. The zero-order valence-electron chi connectivity index (χ0n) is 10.1. The third-order valence-corrected chi connectivity index (χ3v) is 2.52. The number of carbonyl (C=O) groups excluding carboxylic acids is 1. The molecule has 0 bridgehead atoms. The van der Waals surface area contributed by atoms with Gasteiger partial charge in [0.1, 0.15) is 0 Å². The van der Waals surface area contributed by atoms with Gasteiger partial charge in [0, 0.05) is 13.5 Å². The Morgan fingerprint density at radius 3 is 3.17 bits per heavy atom. The highest BCUT2D eigenvalue weighted by Crippen LogP contribution is 2.21. The number of nitrogen functional groups attached to an aromatic ring is 1. The molecule has 1 amide bonds. The van der Waals surface area contributed by atoms with Gasteiger partial charge in [0.15, 0.2) is 11.4 Å². The van der Waals surface area contributed by atoms with Crippen LogP contribution in [0.2, 0.25) is 0 Å². The number of amides is 1. The van der Waals surface area contributed by atoms with Crippen molar-refractivity contribution in [1.29, 1.82) is 0 Å². The minimum absolute atomic E-state index is 0.0120. The highest BCUT2D eigenvalue weighted by Gasteiger charge is 2.03. The fourth-order valence-corrected chi connectivity index (χ4v) is 1.63. The van der Waals surface area contributed by atoms with Crippen molar-refractivity contribution in [3.8, 4) is 0 Å². The summed E-state index contributed by atoms with van der Waals surface area (Å²) in [6, 6.07) is 5.70. The van der Waals surface area contributed by atoms with Gasteiger partial charge in [-0.3, -0.25) is 4.79 Å². The van der Waals surface area contributed by atoms with Crippen LogP contribution in [-0.2, 0) is 4.79 Å². The predicted molar refractivity (Wildman–Crippen MR) is 70.8 cm³/mol. The molecule has 94 valence electrons. The summed E-state index contributed by atoms with van der Waals surface area (Å²) in [6.45, 7) is 2.15. The Balaban J connectivity index is 2.00. The number of hydrogen-bond donors (Lipinski definition) is 2. The maximum Gasteiger partial charge on any atom is 0.216 e. The van der Waals surface area contributed by atoms with Crippen molar-refractivity contribution in [2.24, 2.45) is 0 Å². The van der Waals surface area contributed by atoms with Gasteiger partial charge in [0.25, 0.3) is 0 Å². The van der Waals surface area contributed by atoms with Crippen molar-refractivity contribution >= 4 is 28.8 Å². The third kappa shape index (κ3) is 2.88. The van der Waals surface area contributed by atoms with Crippen molar-refractivity contribution in [3.05, 3.63) is 29.8 Å². The Morgan fingerprint density at radius 1 is 1.56 bits per heavy atom. The van der Waals surface area contributed by atoms with Crippen LogP contribution in [0.4, 0.5) is 5.82 Å². The highest BCUT2D eigenvalue weighted by atomic mass is 16.5. The number of hydrogen-bond acceptors (Lipinski definition) is 4. The number of aromatic nitrogens is 1. The highest BCUT2D eigenvalue weighted by molar-refractivity contribution is 5.88. The lowest BCUT2D eigenvalue weighted by Crippen LogP contribution is -2.20. The van der Waals surface area contributed by atoms with E-state index in [4.69, 9.17) is 10.3 Å². The zero-order chi connectivity index (χ0) is 13.0. The molecule has 0 aliphatic rings. The van der Waals surface area contributed by atoms with Crippen LogP contribution in [0.3, 0.4) is 0 Å². The molecule has 0 unspecified atom stereocenters. The largest absolute Gasteiger partial charge is 0.380 e. The van der Waals surface area contributed by atoms with Gasteiger partial charge in [-0.05, 0) is 24.1 Å². The molecule has 0 aliphatic heterocycles. The second kappa shape index (κ2) is 5.35. The fourth-order valence-electron chi connectivity index (χ4n) is 1.63. The van der Waals surface area contributed by atoms with Gasteiger partial charge in [0.05, 0.1) is 5.39 Å². The number of benzene rings is 1. The summed E-state index contributed by atoms with van der Waals surface area (Å²) in [6.07, 6.45) is 4.77. The van der Waals surface area contributed by atoms with Gasteiger partial charge in [-0.15, -0.1) is 0 Å². The number of anilines is 1. The first-order valence-corrected chi connectivity index (χ1v) is 5.72. The number of carbonyl (C=O) groups is 1. The van der Waals surface area contributed by atoms with Crippen LogP contribution < -0.4 is 11.1 Å². The summed E-state index contributed by atoms with van der Waals surface area (Å²) < 4.78 is 5.03. The summed E-state index contributed by atoms with van der Waals surface area (Å²) in [5.74, 6) is 0.389. The van der Waals surface area contributed by atoms with Crippen molar-refractivity contribution in [3.63, 3.8) is 0 Å². The average Bonchev–Trinajstić information content (AvgIpc) is 2.70. The van der Waals surface area contributed by atoms with E-state index in [1.165, 1.54) is 6.92 Å². The Bertz CT molecular complexity index is 587. The van der Waals surface area contributed by atoms with Crippen molar-refractivity contribution in [2.45, 2.75) is 13.3 Å². The summed E-state index contributed by atoms with van der Waals surface area (Å²) in [5, 5.41) is 7.25. The number of nitrogens with two attached hydrogens (primary N) is 1. The number of rotatable bonds is 4. The van der Waals surface area contributed by atoms with Gasteiger partial charge in [0.2, 0.25) is 5.91 Å². The molecular weight excluding hydrogens is 230 g/mol. The monoisotopic (exact) mass is 245 g/mol. The summed E-state index contributed by atoms with van der Waals surface area (Å²) in [7, 11) is 0. The van der Waals surface area contributed by atoms with E-state index < -0.39 is 0 Å². The van der Waals surface area contributed by atoms with E-state index in [0.717, 1.165) is 17.4 Å². The van der Waals surface area contributed by atoms with E-state index in [1.54, 1.807) is 0 Å². The maximum atomic E-state index is 10.7. The molecule has 0 aliphatic carbocycles. The summed E-state index contributed by atoms with van der Waals surface area (Å²) in [5.41, 5.74) is 7.39. The van der Waals surface area contributed by atoms with E-state index >= 15 is 0 Å². The van der Waals surface area contributed by atoms with Crippen molar-refractivity contribution < 1.29 is 9.32 Å². The Labute approximate surface area is 105 Å². The molecule has 0 saturated heterocycles. The maximum absolute atomic E-state index is 10.7. The molecule has 0 saturated carbocycles. The van der Waals surface area contributed by atoms with Crippen LogP contribution in [0, 0.1) is 0 Å². The molecule has 5 nitrogen and oxygen atoms in total. The van der Waals surface area contributed by atoms with E-state index in [1.807, 2.05) is 30.4 Å². The lowest BCUT2D eigenvalue weighted by atomic mass is 10.1. The standard InChI is InChI=1S/C13H15N3O2/c1-9(17)15-7-3-2-4-10-5-6-12-11(8-10)13(14)16-18-12/h2,4-6,8H,3,7H2,1H3,(H2,14,16)(H,15,17). The smallest absolute Gasteiger partial charge is 0.216 e. The Morgan fingerprint density at radius 2 is 2.39 bits per heavy atom. The van der Waals surface area contributed by atoms with Gasteiger partial charge >= 0.3 is 0 Å². The minimum atomic E-state index is -0.0120. The summed E-state index contributed by atoms with van der Waals surface area (Å²) >= 11 is 0. The van der Waals surface area contributed by atoms with Crippen molar-refractivity contribution in [2.75, 3.05) is 12.3 Å². The predicted octanol–water partition coefficient (Wildman–Crippen LogP) is 1.95. The van der Waals surface area contributed by atoms with Crippen molar-refractivity contribution in [1.82, 2.24) is 10.5 Å². The topological polar surface area (TPSA) is 81.2 Å². The molecule has 0 fully saturated rings. The van der Waals surface area contributed by atoms with Crippen LogP contribution >= 0.6 is 0 Å². The quantitative estimate of drug-likeness (QED) is 0.807. The van der Waals surface area contributed by atoms with Crippen LogP contribution in [0.5, 0.6) is 0 Å². The van der Waals surface area contributed by atoms with Crippen LogP contribution in [0.15, 0.2) is 28.8 Å². The SMILES string of the molecule is CC(=O)NCCC=Cc1ccc2onc(N)c2c1. The molecule has 0 radical (unpaired) electrons. The van der Waals surface area contributed by atoms with E-state index in [0.29, 0.717) is 17.9 Å². The third-order valence-electron chi connectivity index (χ3n) is 2.52. The number of fused-ring (bicyclic) bond motifs is 1. The normalized spacial score (nSPS) is 11.2. The second-order valence-electron chi connectivity index (χ2n) is 4.00. The minimum Gasteiger partial charge on any atom is -0.380 e. The number of nitrogens with one attached hydrogen (secondary N) is 1. The molecule has 1 heterocycles. The Hall–Kier alpha value is -2.30. The van der Waals surface area contributed by atoms with E-state index in [-0.39, 0.29) is 5.91 Å². The van der Waals surface area contributed by atoms with E-state index in [2.05, 4.69) is 10.5 Å². The molecule has 2 aromatic rings. The Kier molecular flexibility index (Phi) is 3.62. The fraction of sp³-hybridized carbons (Fsp3) is 0.231. The molecule has 1 aromatic heterocycles. The second-order valence-corrected chi connectivity index (χ2v) is 4.00. The van der Waals surface area contributed by atoms with Gasteiger partial charge in [-0.1, -0.05) is 23.4 Å². The lowest BCUT2D eigenvalue weighted by Gasteiger charge is -1.97. The zero-order valence-corrected chi connectivity index (χ0v) is 10.1. The van der Waals surface area contributed by atoms with Crippen LogP contribution in [-0.4, -0.2) is 17.6 Å².